The maximum atomic E-state index is 12.1. The molecule has 0 radical (unpaired) electrons. The van der Waals surface area contributed by atoms with Crippen molar-refractivity contribution in [2.75, 3.05) is 7.05 Å². The van der Waals surface area contributed by atoms with Crippen molar-refractivity contribution in [3.05, 3.63) is 70.1 Å². The molecular formula is C18H15NO2S2. The Morgan fingerprint density at radius 2 is 1.91 bits per heavy atom. The summed E-state index contributed by atoms with van der Waals surface area (Å²) in [5.41, 5.74) is 2.91. The van der Waals surface area contributed by atoms with E-state index in [1.54, 1.807) is 19.2 Å². The van der Waals surface area contributed by atoms with Crippen LogP contribution in [-0.4, -0.2) is 27.3 Å². The van der Waals surface area contributed by atoms with Crippen molar-refractivity contribution >= 4 is 40.3 Å². The fraction of sp³-hybridized carbons (Fsp3) is 0.111. The standard InChI is InChI=1S/C18H15NO2S2/c1-19-17(21)16(23-18(19)22)11-14-10-13(7-8-15(14)20)9-12-5-3-2-4-6-12/h2-8,10-11,20H,9H2,1H3. The number of thioether (sulfide) groups is 1. The first-order valence-electron chi connectivity index (χ1n) is 7.12. The van der Waals surface area contributed by atoms with Gasteiger partial charge in [0, 0.05) is 12.6 Å². The summed E-state index contributed by atoms with van der Waals surface area (Å²) < 4.78 is 0.529. The van der Waals surface area contributed by atoms with Crippen LogP contribution in [0.1, 0.15) is 16.7 Å². The van der Waals surface area contributed by atoms with Crippen LogP contribution in [0.2, 0.25) is 0 Å². The summed E-state index contributed by atoms with van der Waals surface area (Å²) >= 11 is 6.38. The van der Waals surface area contributed by atoms with Crippen LogP contribution in [0, 0.1) is 0 Å². The molecule has 1 N–H and O–H groups in total. The highest BCUT2D eigenvalue weighted by Gasteiger charge is 2.28. The van der Waals surface area contributed by atoms with Gasteiger partial charge in [-0.05, 0) is 35.8 Å². The molecule has 3 nitrogen and oxygen atoms in total. The number of phenolic OH excluding ortho intramolecular Hbond substituents is 1. The monoisotopic (exact) mass is 341 g/mol. The Morgan fingerprint density at radius 1 is 1.17 bits per heavy atom. The molecule has 1 saturated heterocycles. The van der Waals surface area contributed by atoms with Gasteiger partial charge in [0.25, 0.3) is 5.91 Å². The smallest absolute Gasteiger partial charge is 0.265 e. The van der Waals surface area contributed by atoms with Crippen molar-refractivity contribution in [1.29, 1.82) is 0 Å². The van der Waals surface area contributed by atoms with Crippen LogP contribution in [-0.2, 0) is 11.2 Å². The van der Waals surface area contributed by atoms with Gasteiger partial charge in [0.1, 0.15) is 10.1 Å². The third-order valence-corrected chi connectivity index (χ3v) is 5.10. The van der Waals surface area contributed by atoms with E-state index in [9.17, 15) is 9.90 Å². The topological polar surface area (TPSA) is 40.5 Å². The van der Waals surface area contributed by atoms with Gasteiger partial charge >= 0.3 is 0 Å². The van der Waals surface area contributed by atoms with Gasteiger partial charge in [-0.2, -0.15) is 0 Å². The normalized spacial score (nSPS) is 16.4. The van der Waals surface area contributed by atoms with Gasteiger partial charge < -0.3 is 5.11 Å². The molecule has 1 aliphatic rings. The highest BCUT2D eigenvalue weighted by atomic mass is 32.2. The Kier molecular flexibility index (Phi) is 4.50. The Bertz CT molecular complexity index is 800. The van der Waals surface area contributed by atoms with Gasteiger partial charge in [-0.15, -0.1) is 0 Å². The van der Waals surface area contributed by atoms with Gasteiger partial charge in [-0.25, -0.2) is 0 Å². The number of nitrogens with zero attached hydrogens (tertiary/aromatic N) is 1. The number of amides is 1. The third kappa shape index (κ3) is 3.46. The molecule has 1 aliphatic heterocycles. The molecule has 0 spiro atoms. The van der Waals surface area contributed by atoms with Crippen molar-refractivity contribution in [1.82, 2.24) is 4.90 Å². The van der Waals surface area contributed by atoms with Gasteiger partial charge in [-0.3, -0.25) is 9.69 Å². The van der Waals surface area contributed by atoms with Crippen molar-refractivity contribution in [3.63, 3.8) is 0 Å². The summed E-state index contributed by atoms with van der Waals surface area (Å²) in [6.45, 7) is 0. The zero-order valence-corrected chi connectivity index (χ0v) is 14.2. The Labute approximate surface area is 144 Å². The lowest BCUT2D eigenvalue weighted by molar-refractivity contribution is -0.121. The average Bonchev–Trinajstić information content (AvgIpc) is 2.79. The summed E-state index contributed by atoms with van der Waals surface area (Å²) in [6.07, 6.45) is 2.48. The molecule has 0 unspecified atom stereocenters. The van der Waals surface area contributed by atoms with Crippen molar-refractivity contribution in [2.24, 2.45) is 0 Å². The highest BCUT2D eigenvalue weighted by molar-refractivity contribution is 8.26. The molecule has 1 fully saturated rings. The second kappa shape index (κ2) is 6.56. The number of likely N-dealkylation sites (N-methyl/N-ethyl adjacent to an activating group) is 1. The SMILES string of the molecule is CN1C(=O)C(=Cc2cc(Cc3ccccc3)ccc2O)SC1=S. The first-order chi connectivity index (χ1) is 11.0. The molecule has 1 heterocycles. The zero-order chi connectivity index (χ0) is 16.4. The molecule has 5 heteroatoms. The van der Waals surface area contributed by atoms with E-state index in [0.29, 0.717) is 14.8 Å². The minimum absolute atomic E-state index is 0.132. The predicted molar refractivity (Wildman–Crippen MR) is 98.3 cm³/mol. The van der Waals surface area contributed by atoms with E-state index in [1.807, 2.05) is 30.3 Å². The summed E-state index contributed by atoms with van der Waals surface area (Å²) in [5.74, 6) is 0.0241. The molecule has 3 rings (SSSR count). The van der Waals surface area contributed by atoms with Crippen LogP contribution in [0.25, 0.3) is 6.08 Å². The maximum Gasteiger partial charge on any atom is 0.265 e. The first kappa shape index (κ1) is 15.8. The van der Waals surface area contributed by atoms with E-state index in [1.165, 1.54) is 22.2 Å². The van der Waals surface area contributed by atoms with Gasteiger partial charge in [0.05, 0.1) is 4.91 Å². The average molecular weight is 341 g/mol. The van der Waals surface area contributed by atoms with Crippen molar-refractivity contribution in [2.45, 2.75) is 6.42 Å². The van der Waals surface area contributed by atoms with Gasteiger partial charge in [-0.1, -0.05) is 60.4 Å². The van der Waals surface area contributed by atoms with Crippen LogP contribution in [0.15, 0.2) is 53.4 Å². The molecule has 23 heavy (non-hydrogen) atoms. The Hall–Kier alpha value is -2.11. The number of benzene rings is 2. The second-order valence-electron chi connectivity index (χ2n) is 5.30. The molecule has 2 aromatic carbocycles. The van der Waals surface area contributed by atoms with E-state index in [4.69, 9.17) is 12.2 Å². The van der Waals surface area contributed by atoms with Crippen LogP contribution in [0.3, 0.4) is 0 Å². The summed E-state index contributed by atoms with van der Waals surface area (Å²) in [5, 5.41) is 10.1. The molecule has 116 valence electrons. The van der Waals surface area contributed by atoms with Crippen molar-refractivity contribution < 1.29 is 9.90 Å². The Balaban J connectivity index is 1.90. The first-order valence-corrected chi connectivity index (χ1v) is 8.34. The summed E-state index contributed by atoms with van der Waals surface area (Å²) in [4.78, 5) is 14.0. The minimum Gasteiger partial charge on any atom is -0.507 e. The van der Waals surface area contributed by atoms with Gasteiger partial charge in [0.15, 0.2) is 0 Å². The number of aromatic hydroxyl groups is 1. The zero-order valence-electron chi connectivity index (χ0n) is 12.5. The fourth-order valence-corrected chi connectivity index (χ4v) is 3.52. The summed E-state index contributed by atoms with van der Waals surface area (Å²) in [7, 11) is 1.66. The molecule has 0 aliphatic carbocycles. The molecule has 1 amide bonds. The van der Waals surface area contributed by atoms with E-state index in [0.717, 1.165) is 12.0 Å². The minimum atomic E-state index is -0.132. The fourth-order valence-electron chi connectivity index (χ4n) is 2.35. The molecular weight excluding hydrogens is 326 g/mol. The highest BCUT2D eigenvalue weighted by Crippen LogP contribution is 2.33. The molecule has 0 atom stereocenters. The van der Waals surface area contributed by atoms with E-state index >= 15 is 0 Å². The largest absolute Gasteiger partial charge is 0.507 e. The predicted octanol–water partition coefficient (Wildman–Crippen LogP) is 3.81. The Morgan fingerprint density at radius 3 is 2.57 bits per heavy atom. The lowest BCUT2D eigenvalue weighted by atomic mass is 10.0. The van der Waals surface area contributed by atoms with Crippen LogP contribution in [0.4, 0.5) is 0 Å². The molecule has 0 saturated carbocycles. The van der Waals surface area contributed by atoms with Crippen molar-refractivity contribution in [3.8, 4) is 5.75 Å². The third-order valence-electron chi connectivity index (χ3n) is 3.62. The number of thiocarbonyl (C=S) groups is 1. The van der Waals surface area contributed by atoms with Crippen LogP contribution >= 0.6 is 24.0 Å². The van der Waals surface area contributed by atoms with E-state index in [-0.39, 0.29) is 11.7 Å². The second-order valence-corrected chi connectivity index (χ2v) is 6.97. The number of carbonyl (C=O) groups excluding carboxylic acids is 1. The number of phenols is 1. The number of carbonyl (C=O) groups is 1. The number of hydrogen-bond acceptors (Lipinski definition) is 4. The lowest BCUT2D eigenvalue weighted by Gasteiger charge is -2.06. The van der Waals surface area contributed by atoms with Crippen LogP contribution in [0.5, 0.6) is 5.75 Å². The number of rotatable bonds is 3. The summed E-state index contributed by atoms with van der Waals surface area (Å²) in [6, 6.07) is 15.6. The molecule has 0 aromatic heterocycles. The van der Waals surface area contributed by atoms with E-state index < -0.39 is 0 Å². The molecule has 0 bridgehead atoms. The number of hydrogen-bond donors (Lipinski definition) is 1. The maximum absolute atomic E-state index is 12.1. The van der Waals surface area contributed by atoms with Gasteiger partial charge in [0.2, 0.25) is 0 Å². The van der Waals surface area contributed by atoms with Crippen LogP contribution < -0.4 is 0 Å². The lowest BCUT2D eigenvalue weighted by Crippen LogP contribution is -2.22. The molecule has 2 aromatic rings. The van der Waals surface area contributed by atoms with E-state index in [2.05, 4.69) is 12.1 Å². The quantitative estimate of drug-likeness (QED) is 0.681.